The maximum absolute atomic E-state index is 12.3. The van der Waals surface area contributed by atoms with Crippen molar-refractivity contribution in [3.63, 3.8) is 0 Å². The van der Waals surface area contributed by atoms with Crippen molar-refractivity contribution in [1.29, 1.82) is 0 Å². The molecule has 0 radical (unpaired) electrons. The number of ether oxygens (including phenoxy) is 2. The Kier molecular flexibility index (Phi) is 7.28. The van der Waals surface area contributed by atoms with Gasteiger partial charge in [0, 0.05) is 0 Å². The zero-order valence-electron chi connectivity index (χ0n) is 16.6. The van der Waals surface area contributed by atoms with Crippen LogP contribution in [-0.2, 0) is 14.8 Å². The second-order valence-corrected chi connectivity index (χ2v) is 8.29. The van der Waals surface area contributed by atoms with Crippen molar-refractivity contribution in [3.05, 3.63) is 53.6 Å². The number of hydrogen-bond acceptors (Lipinski definition) is 5. The Hall–Kier alpha value is -2.74. The fraction of sp³-hybridized carbons (Fsp3) is 0.350. The van der Waals surface area contributed by atoms with Crippen molar-refractivity contribution in [2.75, 3.05) is 37.4 Å². The second-order valence-electron chi connectivity index (χ2n) is 6.39. The SMILES string of the molecule is COc1ccccc1OCCNC(=O)CN(c1ccc(C)c(C)c1)S(C)(=O)=O. The lowest BCUT2D eigenvalue weighted by Crippen LogP contribution is -2.41. The average Bonchev–Trinajstić information content (AvgIpc) is 2.65. The van der Waals surface area contributed by atoms with E-state index in [-0.39, 0.29) is 19.7 Å². The molecule has 0 aliphatic carbocycles. The van der Waals surface area contributed by atoms with Gasteiger partial charge in [-0.3, -0.25) is 9.10 Å². The van der Waals surface area contributed by atoms with Crippen molar-refractivity contribution in [2.24, 2.45) is 0 Å². The van der Waals surface area contributed by atoms with Gasteiger partial charge in [0.2, 0.25) is 15.9 Å². The van der Waals surface area contributed by atoms with Gasteiger partial charge in [0.15, 0.2) is 11.5 Å². The molecule has 0 saturated carbocycles. The van der Waals surface area contributed by atoms with Crippen LogP contribution in [0.1, 0.15) is 11.1 Å². The molecule has 1 amide bonds. The molecule has 0 spiro atoms. The van der Waals surface area contributed by atoms with Crippen LogP contribution >= 0.6 is 0 Å². The first-order valence-electron chi connectivity index (χ1n) is 8.80. The van der Waals surface area contributed by atoms with Gasteiger partial charge in [-0.25, -0.2) is 8.42 Å². The first-order valence-corrected chi connectivity index (χ1v) is 10.6. The number of rotatable bonds is 9. The van der Waals surface area contributed by atoms with Crippen molar-refractivity contribution >= 4 is 21.6 Å². The number of methoxy groups -OCH3 is 1. The number of benzene rings is 2. The number of para-hydroxylation sites is 2. The number of hydrogen-bond donors (Lipinski definition) is 1. The molecule has 7 nitrogen and oxygen atoms in total. The molecule has 0 bridgehead atoms. The Labute approximate surface area is 166 Å². The minimum Gasteiger partial charge on any atom is -0.493 e. The van der Waals surface area contributed by atoms with E-state index in [0.717, 1.165) is 21.7 Å². The highest BCUT2D eigenvalue weighted by Gasteiger charge is 2.21. The van der Waals surface area contributed by atoms with Gasteiger partial charge in [0.1, 0.15) is 13.2 Å². The Morgan fingerprint density at radius 1 is 1.07 bits per heavy atom. The molecule has 0 heterocycles. The molecule has 2 aromatic carbocycles. The molecule has 0 aliphatic heterocycles. The number of aryl methyl sites for hydroxylation is 2. The quantitative estimate of drug-likeness (QED) is 0.646. The van der Waals surface area contributed by atoms with E-state index in [2.05, 4.69) is 5.32 Å². The summed E-state index contributed by atoms with van der Waals surface area (Å²) in [7, 11) is -2.05. The molecule has 0 unspecified atom stereocenters. The number of anilines is 1. The number of carbonyl (C=O) groups excluding carboxylic acids is 1. The molecule has 0 fully saturated rings. The summed E-state index contributed by atoms with van der Waals surface area (Å²) in [5.41, 5.74) is 2.47. The lowest BCUT2D eigenvalue weighted by molar-refractivity contribution is -0.119. The molecule has 2 aromatic rings. The Morgan fingerprint density at radius 2 is 1.75 bits per heavy atom. The molecular formula is C20H26N2O5S. The van der Waals surface area contributed by atoms with E-state index in [1.54, 1.807) is 31.4 Å². The minimum atomic E-state index is -3.60. The van der Waals surface area contributed by atoms with Gasteiger partial charge < -0.3 is 14.8 Å². The summed E-state index contributed by atoms with van der Waals surface area (Å²) >= 11 is 0. The van der Waals surface area contributed by atoms with E-state index >= 15 is 0 Å². The molecule has 0 saturated heterocycles. The van der Waals surface area contributed by atoms with Crippen LogP contribution in [0.2, 0.25) is 0 Å². The van der Waals surface area contributed by atoms with Crippen LogP contribution in [0, 0.1) is 13.8 Å². The van der Waals surface area contributed by atoms with E-state index in [4.69, 9.17) is 9.47 Å². The number of carbonyl (C=O) groups is 1. The van der Waals surface area contributed by atoms with E-state index in [9.17, 15) is 13.2 Å². The maximum atomic E-state index is 12.3. The first kappa shape index (κ1) is 21.6. The van der Waals surface area contributed by atoms with Crippen LogP contribution in [0.15, 0.2) is 42.5 Å². The summed E-state index contributed by atoms with van der Waals surface area (Å²) < 4.78 is 36.2. The van der Waals surface area contributed by atoms with Gasteiger partial charge >= 0.3 is 0 Å². The zero-order chi connectivity index (χ0) is 20.7. The third-order valence-electron chi connectivity index (χ3n) is 4.22. The Morgan fingerprint density at radius 3 is 2.36 bits per heavy atom. The van der Waals surface area contributed by atoms with Crippen LogP contribution in [0.25, 0.3) is 0 Å². The highest BCUT2D eigenvalue weighted by molar-refractivity contribution is 7.92. The monoisotopic (exact) mass is 406 g/mol. The second kappa shape index (κ2) is 9.45. The summed E-state index contributed by atoms with van der Waals surface area (Å²) in [6.45, 7) is 4.01. The normalized spacial score (nSPS) is 11.0. The summed E-state index contributed by atoms with van der Waals surface area (Å²) in [5, 5.41) is 2.68. The van der Waals surface area contributed by atoms with Crippen molar-refractivity contribution in [2.45, 2.75) is 13.8 Å². The smallest absolute Gasteiger partial charge is 0.240 e. The Bertz CT molecular complexity index is 928. The summed E-state index contributed by atoms with van der Waals surface area (Å²) in [5.74, 6) is 0.770. The average molecular weight is 407 g/mol. The predicted molar refractivity (Wildman–Crippen MR) is 110 cm³/mol. The maximum Gasteiger partial charge on any atom is 0.240 e. The fourth-order valence-electron chi connectivity index (χ4n) is 2.56. The summed E-state index contributed by atoms with van der Waals surface area (Å²) in [6.07, 6.45) is 1.08. The third kappa shape index (κ3) is 5.88. The minimum absolute atomic E-state index is 0.231. The third-order valence-corrected chi connectivity index (χ3v) is 5.36. The Balaban J connectivity index is 1.94. The topological polar surface area (TPSA) is 84.9 Å². The molecular weight excluding hydrogens is 380 g/mol. The van der Waals surface area contributed by atoms with Crippen LogP contribution in [0.3, 0.4) is 0 Å². The standard InChI is InChI=1S/C20H26N2O5S/c1-15-9-10-17(13-16(15)2)22(28(4,24)25)14-20(23)21-11-12-27-19-8-6-5-7-18(19)26-3/h5-10,13H,11-12,14H2,1-4H3,(H,21,23). The molecule has 152 valence electrons. The molecule has 0 atom stereocenters. The number of nitrogens with one attached hydrogen (secondary N) is 1. The first-order chi connectivity index (χ1) is 13.2. The molecule has 0 aliphatic rings. The molecule has 0 aromatic heterocycles. The number of sulfonamides is 1. The largest absolute Gasteiger partial charge is 0.493 e. The van der Waals surface area contributed by atoms with Gasteiger partial charge in [-0.1, -0.05) is 18.2 Å². The molecule has 28 heavy (non-hydrogen) atoms. The number of amides is 1. The van der Waals surface area contributed by atoms with E-state index in [1.807, 2.05) is 32.0 Å². The van der Waals surface area contributed by atoms with Crippen LogP contribution < -0.4 is 19.1 Å². The summed E-state index contributed by atoms with van der Waals surface area (Å²) in [4.78, 5) is 12.3. The molecule has 2 rings (SSSR count). The van der Waals surface area contributed by atoms with Gasteiger partial charge in [-0.15, -0.1) is 0 Å². The zero-order valence-corrected chi connectivity index (χ0v) is 17.4. The van der Waals surface area contributed by atoms with Gasteiger partial charge in [0.25, 0.3) is 0 Å². The molecule has 8 heteroatoms. The van der Waals surface area contributed by atoms with Gasteiger partial charge in [0.05, 0.1) is 25.6 Å². The van der Waals surface area contributed by atoms with E-state index in [1.165, 1.54) is 0 Å². The summed E-state index contributed by atoms with van der Waals surface area (Å²) in [6, 6.07) is 12.5. The van der Waals surface area contributed by atoms with Crippen LogP contribution in [0.5, 0.6) is 11.5 Å². The predicted octanol–water partition coefficient (Wildman–Crippen LogP) is 2.27. The lowest BCUT2D eigenvalue weighted by Gasteiger charge is -2.22. The van der Waals surface area contributed by atoms with E-state index in [0.29, 0.717) is 17.2 Å². The van der Waals surface area contributed by atoms with Gasteiger partial charge in [-0.05, 0) is 49.2 Å². The fourth-order valence-corrected chi connectivity index (χ4v) is 3.40. The number of nitrogens with zero attached hydrogens (tertiary/aromatic N) is 1. The van der Waals surface area contributed by atoms with Crippen LogP contribution in [0.4, 0.5) is 5.69 Å². The van der Waals surface area contributed by atoms with Crippen LogP contribution in [-0.4, -0.2) is 47.4 Å². The molecule has 1 N–H and O–H groups in total. The highest BCUT2D eigenvalue weighted by atomic mass is 32.2. The van der Waals surface area contributed by atoms with Crippen molar-refractivity contribution in [1.82, 2.24) is 5.32 Å². The van der Waals surface area contributed by atoms with Crippen molar-refractivity contribution in [3.8, 4) is 11.5 Å². The van der Waals surface area contributed by atoms with E-state index < -0.39 is 15.9 Å². The lowest BCUT2D eigenvalue weighted by atomic mass is 10.1. The highest BCUT2D eigenvalue weighted by Crippen LogP contribution is 2.25. The van der Waals surface area contributed by atoms with Gasteiger partial charge in [-0.2, -0.15) is 0 Å². The van der Waals surface area contributed by atoms with Crippen molar-refractivity contribution < 1.29 is 22.7 Å².